The molecule has 0 fully saturated rings. The average Bonchev–Trinajstić information content (AvgIpc) is 3.19. The van der Waals surface area contributed by atoms with E-state index in [-0.39, 0.29) is 5.91 Å². The summed E-state index contributed by atoms with van der Waals surface area (Å²) in [5, 5.41) is 4.98. The summed E-state index contributed by atoms with van der Waals surface area (Å²) >= 11 is 9.24. The van der Waals surface area contributed by atoms with Crippen molar-refractivity contribution in [2.24, 2.45) is 0 Å². The number of rotatable bonds is 3. The summed E-state index contributed by atoms with van der Waals surface area (Å²) in [6, 6.07) is 15.2. The van der Waals surface area contributed by atoms with Crippen LogP contribution in [0.15, 0.2) is 69.8 Å². The van der Waals surface area contributed by atoms with Gasteiger partial charge in [0.25, 0.3) is 11.8 Å². The van der Waals surface area contributed by atoms with Gasteiger partial charge in [-0.2, -0.15) is 0 Å². The number of anilines is 1. The number of hydrogen-bond acceptors (Lipinski definition) is 4. The van der Waals surface area contributed by atoms with Crippen molar-refractivity contribution < 1.29 is 14.0 Å². The van der Waals surface area contributed by atoms with Gasteiger partial charge in [-0.25, -0.2) is 5.01 Å². The van der Waals surface area contributed by atoms with Crippen LogP contribution in [-0.2, 0) is 0 Å². The molecule has 1 unspecified atom stereocenters. The summed E-state index contributed by atoms with van der Waals surface area (Å²) in [7, 11) is 0. The van der Waals surface area contributed by atoms with E-state index in [1.807, 2.05) is 6.07 Å². The van der Waals surface area contributed by atoms with Gasteiger partial charge >= 0.3 is 0 Å². The molecule has 0 bridgehead atoms. The van der Waals surface area contributed by atoms with Gasteiger partial charge in [0.2, 0.25) is 0 Å². The Labute approximate surface area is 168 Å². The van der Waals surface area contributed by atoms with Gasteiger partial charge in [0, 0.05) is 20.7 Å². The first-order chi connectivity index (χ1) is 13.0. The van der Waals surface area contributed by atoms with E-state index < -0.39 is 12.1 Å². The van der Waals surface area contributed by atoms with Gasteiger partial charge in [-0.1, -0.05) is 27.5 Å². The fraction of sp³-hybridized carbons (Fsp3) is 0.0526. The quantitative estimate of drug-likeness (QED) is 0.616. The van der Waals surface area contributed by atoms with Gasteiger partial charge in [-0.05, 0) is 54.6 Å². The third-order valence-electron chi connectivity index (χ3n) is 4.12. The molecule has 0 spiro atoms. The summed E-state index contributed by atoms with van der Waals surface area (Å²) in [4.78, 5) is 25.7. The van der Waals surface area contributed by atoms with Gasteiger partial charge in [0.15, 0.2) is 6.17 Å². The molecule has 8 heteroatoms. The first-order valence-electron chi connectivity index (χ1n) is 8.02. The number of fused-ring (bicyclic) bond motifs is 1. The van der Waals surface area contributed by atoms with E-state index in [2.05, 4.69) is 26.7 Å². The van der Waals surface area contributed by atoms with E-state index in [1.54, 1.807) is 48.5 Å². The van der Waals surface area contributed by atoms with Crippen molar-refractivity contribution in [3.63, 3.8) is 0 Å². The zero-order chi connectivity index (χ0) is 19.0. The van der Waals surface area contributed by atoms with E-state index in [1.165, 1.54) is 11.3 Å². The van der Waals surface area contributed by atoms with Crippen molar-refractivity contribution in [3.8, 4) is 0 Å². The number of nitrogens with zero attached hydrogens (tertiary/aromatic N) is 1. The Hall–Kier alpha value is -2.77. The molecule has 0 radical (unpaired) electrons. The molecular formula is C19H13BrClN3O3. The van der Waals surface area contributed by atoms with Crippen molar-refractivity contribution >= 4 is 45.0 Å². The minimum absolute atomic E-state index is 0.353. The van der Waals surface area contributed by atoms with Crippen LogP contribution in [0, 0.1) is 0 Å². The number of amides is 2. The number of furan rings is 1. The minimum atomic E-state index is -0.683. The van der Waals surface area contributed by atoms with Gasteiger partial charge in [0.1, 0.15) is 5.76 Å². The van der Waals surface area contributed by atoms with E-state index in [9.17, 15) is 9.59 Å². The first kappa shape index (κ1) is 17.6. The molecular weight excluding hydrogens is 434 g/mol. The minimum Gasteiger partial charge on any atom is -0.465 e. The number of hydrazine groups is 1. The smallest absolute Gasteiger partial charge is 0.276 e. The average molecular weight is 447 g/mol. The number of nitrogens with one attached hydrogen (secondary N) is 2. The van der Waals surface area contributed by atoms with Crippen molar-refractivity contribution in [2.45, 2.75) is 6.17 Å². The van der Waals surface area contributed by atoms with E-state index in [4.69, 9.17) is 16.0 Å². The summed E-state index contributed by atoms with van der Waals surface area (Å²) < 4.78 is 6.22. The van der Waals surface area contributed by atoms with Crippen LogP contribution in [0.4, 0.5) is 5.69 Å². The molecule has 1 aliphatic rings. The second-order valence-electron chi connectivity index (χ2n) is 5.88. The van der Waals surface area contributed by atoms with Crippen LogP contribution < -0.4 is 10.7 Å². The molecule has 0 aliphatic carbocycles. The predicted molar refractivity (Wildman–Crippen MR) is 104 cm³/mol. The number of hydrogen-bond donors (Lipinski definition) is 2. The summed E-state index contributed by atoms with van der Waals surface area (Å²) in [5.41, 5.74) is 4.14. The van der Waals surface area contributed by atoms with Crippen LogP contribution >= 0.6 is 27.5 Å². The second kappa shape index (κ2) is 7.09. The van der Waals surface area contributed by atoms with Crippen LogP contribution in [0.5, 0.6) is 0 Å². The van der Waals surface area contributed by atoms with Crippen molar-refractivity contribution in [1.29, 1.82) is 0 Å². The molecule has 0 saturated carbocycles. The maximum atomic E-state index is 13.1. The third kappa shape index (κ3) is 3.43. The lowest BCUT2D eigenvalue weighted by molar-refractivity contribution is 0.0467. The zero-order valence-corrected chi connectivity index (χ0v) is 16.1. The monoisotopic (exact) mass is 445 g/mol. The summed E-state index contributed by atoms with van der Waals surface area (Å²) in [6.07, 6.45) is 0.829. The van der Waals surface area contributed by atoms with Crippen LogP contribution in [0.1, 0.15) is 32.6 Å². The van der Waals surface area contributed by atoms with Crippen LogP contribution in [0.2, 0.25) is 5.02 Å². The topological polar surface area (TPSA) is 74.6 Å². The van der Waals surface area contributed by atoms with Gasteiger partial charge in [0.05, 0.1) is 11.8 Å². The van der Waals surface area contributed by atoms with Crippen molar-refractivity contribution in [2.75, 3.05) is 5.32 Å². The third-order valence-corrected chi connectivity index (χ3v) is 4.87. The maximum Gasteiger partial charge on any atom is 0.276 e. The highest BCUT2D eigenvalue weighted by molar-refractivity contribution is 9.10. The lowest BCUT2D eigenvalue weighted by Crippen LogP contribution is -2.52. The van der Waals surface area contributed by atoms with Gasteiger partial charge in [-0.15, -0.1) is 0 Å². The van der Waals surface area contributed by atoms with Crippen molar-refractivity contribution in [1.82, 2.24) is 10.4 Å². The highest BCUT2D eigenvalue weighted by Gasteiger charge is 2.36. The van der Waals surface area contributed by atoms with E-state index in [0.29, 0.717) is 27.6 Å². The first-order valence-corrected chi connectivity index (χ1v) is 9.19. The predicted octanol–water partition coefficient (Wildman–Crippen LogP) is 4.61. The zero-order valence-electron chi connectivity index (χ0n) is 13.8. The molecule has 136 valence electrons. The molecule has 2 heterocycles. The SMILES string of the molecule is O=C(NN1C(=O)c2cc(Br)ccc2NC1c1ccco1)c1ccc(Cl)cc1. The molecule has 2 aromatic carbocycles. The Morgan fingerprint density at radius 2 is 1.96 bits per heavy atom. The Morgan fingerprint density at radius 3 is 2.67 bits per heavy atom. The second-order valence-corrected chi connectivity index (χ2v) is 7.23. The Balaban J connectivity index is 1.69. The van der Waals surface area contributed by atoms with Gasteiger partial charge in [-0.3, -0.25) is 15.0 Å². The summed E-state index contributed by atoms with van der Waals surface area (Å²) in [5.74, 6) is -0.293. The number of halogens is 2. The number of carbonyl (C=O) groups excluding carboxylic acids is 2. The molecule has 2 N–H and O–H groups in total. The number of benzene rings is 2. The number of carbonyl (C=O) groups is 2. The molecule has 6 nitrogen and oxygen atoms in total. The molecule has 0 saturated heterocycles. The molecule has 2 amide bonds. The summed E-state index contributed by atoms with van der Waals surface area (Å²) in [6.45, 7) is 0. The lowest BCUT2D eigenvalue weighted by atomic mass is 10.1. The molecule has 27 heavy (non-hydrogen) atoms. The fourth-order valence-electron chi connectivity index (χ4n) is 2.81. The van der Waals surface area contributed by atoms with Crippen LogP contribution in [0.3, 0.4) is 0 Å². The Bertz CT molecular complexity index is 1010. The molecule has 1 aliphatic heterocycles. The maximum absolute atomic E-state index is 13.1. The van der Waals surface area contributed by atoms with Crippen molar-refractivity contribution in [3.05, 3.63) is 87.2 Å². The van der Waals surface area contributed by atoms with Gasteiger partial charge < -0.3 is 9.73 Å². The largest absolute Gasteiger partial charge is 0.465 e. The molecule has 3 aromatic rings. The standard InChI is InChI=1S/C19H13BrClN3O3/c20-12-5-8-15-14(10-12)19(26)24(17(22-15)16-2-1-9-27-16)23-18(25)11-3-6-13(21)7-4-11/h1-10,17,22H,(H,23,25). The highest BCUT2D eigenvalue weighted by Crippen LogP contribution is 2.33. The lowest BCUT2D eigenvalue weighted by Gasteiger charge is -2.36. The molecule has 4 rings (SSSR count). The normalized spacial score (nSPS) is 15.9. The fourth-order valence-corrected chi connectivity index (χ4v) is 3.30. The molecule has 1 atom stereocenters. The Morgan fingerprint density at radius 1 is 1.19 bits per heavy atom. The molecule has 1 aromatic heterocycles. The van der Waals surface area contributed by atoms with Crippen LogP contribution in [-0.4, -0.2) is 16.8 Å². The highest BCUT2D eigenvalue weighted by atomic mass is 79.9. The van der Waals surface area contributed by atoms with Crippen LogP contribution in [0.25, 0.3) is 0 Å². The van der Waals surface area contributed by atoms with E-state index >= 15 is 0 Å². The Kier molecular flexibility index (Phi) is 4.63. The van der Waals surface area contributed by atoms with E-state index in [0.717, 1.165) is 4.47 Å².